The molecular formula is C19H22BrFN4O2. The van der Waals surface area contributed by atoms with Crippen LogP contribution in [-0.2, 0) is 0 Å². The number of nitriles is 1. The van der Waals surface area contributed by atoms with Gasteiger partial charge in [-0.15, -0.1) is 0 Å². The number of fused-ring (bicyclic) bond motifs is 1. The molecule has 2 aromatic rings. The predicted octanol–water partition coefficient (Wildman–Crippen LogP) is 3.59. The number of hydrogen-bond acceptors (Lipinski definition) is 6. The van der Waals surface area contributed by atoms with Crippen molar-refractivity contribution in [2.24, 2.45) is 0 Å². The first-order valence-electron chi connectivity index (χ1n) is 9.36. The van der Waals surface area contributed by atoms with Gasteiger partial charge in [0.1, 0.15) is 18.1 Å². The molecule has 0 spiro atoms. The Bertz CT molecular complexity index is 859. The summed E-state index contributed by atoms with van der Waals surface area (Å²) < 4.78 is 19.7. The number of β-amino-alcohol motifs (C(OH)–C–C–N with tert-alkyl or cyclic N) is 1. The van der Waals surface area contributed by atoms with Crippen molar-refractivity contribution in [1.29, 1.82) is 5.26 Å². The molecule has 1 aliphatic heterocycles. The van der Waals surface area contributed by atoms with Gasteiger partial charge in [-0.25, -0.2) is 9.37 Å². The highest BCUT2D eigenvalue weighted by Crippen LogP contribution is 2.34. The minimum atomic E-state index is -1.08. The molecule has 2 N–H and O–H groups in total. The third kappa shape index (κ3) is 3.82. The van der Waals surface area contributed by atoms with Gasteiger partial charge in [0, 0.05) is 36.6 Å². The van der Waals surface area contributed by atoms with Gasteiger partial charge in [-0.2, -0.15) is 5.26 Å². The van der Waals surface area contributed by atoms with Gasteiger partial charge >= 0.3 is 0 Å². The average molecular weight is 437 g/mol. The van der Waals surface area contributed by atoms with Crippen LogP contribution in [-0.4, -0.2) is 52.4 Å². The largest absolute Gasteiger partial charge is 0.444 e. The summed E-state index contributed by atoms with van der Waals surface area (Å²) in [5, 5.41) is 23.1. The number of hydrogen-bond donors (Lipinski definition) is 2. The maximum absolute atomic E-state index is 13.5. The number of furan rings is 1. The number of alkyl halides is 1. The molecule has 6 nitrogen and oxygen atoms in total. The molecule has 0 aromatic carbocycles. The fourth-order valence-electron chi connectivity index (χ4n) is 4.17. The Morgan fingerprint density at radius 3 is 2.81 bits per heavy atom. The first kappa shape index (κ1) is 18.7. The summed E-state index contributed by atoms with van der Waals surface area (Å²) in [6.07, 6.45) is 4.16. The summed E-state index contributed by atoms with van der Waals surface area (Å²) in [6.45, 7) is 1.17. The van der Waals surface area contributed by atoms with Crippen LogP contribution in [0.1, 0.15) is 37.9 Å². The fraction of sp³-hybridized carbons (Fsp3) is 0.579. The first-order chi connectivity index (χ1) is 13.0. The maximum atomic E-state index is 13.5. The molecule has 0 amide bonds. The molecule has 0 radical (unpaired) electrons. The Hall–Kier alpha value is -1.69. The maximum Gasteiger partial charge on any atom is 0.204 e. The van der Waals surface area contributed by atoms with E-state index in [2.05, 4.69) is 31.1 Å². The molecule has 2 fully saturated rings. The number of rotatable bonds is 3. The van der Waals surface area contributed by atoms with E-state index in [0.29, 0.717) is 30.6 Å². The smallest absolute Gasteiger partial charge is 0.204 e. The van der Waals surface area contributed by atoms with Gasteiger partial charge in [0.2, 0.25) is 5.76 Å². The van der Waals surface area contributed by atoms with Crippen LogP contribution in [0, 0.1) is 11.3 Å². The lowest BCUT2D eigenvalue weighted by atomic mass is 9.88. The van der Waals surface area contributed by atoms with E-state index in [1.165, 1.54) is 0 Å². The minimum absolute atomic E-state index is 0.268. The summed E-state index contributed by atoms with van der Waals surface area (Å²) in [7, 11) is 0. The van der Waals surface area contributed by atoms with Gasteiger partial charge in [0.05, 0.1) is 16.8 Å². The van der Waals surface area contributed by atoms with E-state index >= 15 is 0 Å². The minimum Gasteiger partial charge on any atom is -0.444 e. The van der Waals surface area contributed by atoms with E-state index in [4.69, 9.17) is 9.68 Å². The highest BCUT2D eigenvalue weighted by molar-refractivity contribution is 9.10. The second-order valence-corrected chi connectivity index (χ2v) is 8.23. The van der Waals surface area contributed by atoms with Gasteiger partial charge in [0.25, 0.3) is 0 Å². The number of pyridine rings is 1. The van der Waals surface area contributed by atoms with Crippen molar-refractivity contribution >= 4 is 32.7 Å². The van der Waals surface area contributed by atoms with Crippen LogP contribution >= 0.6 is 15.9 Å². The molecule has 27 heavy (non-hydrogen) atoms. The highest BCUT2D eigenvalue weighted by Gasteiger charge is 2.33. The number of anilines is 1. The van der Waals surface area contributed by atoms with E-state index in [9.17, 15) is 9.50 Å². The van der Waals surface area contributed by atoms with Gasteiger partial charge in [-0.1, -0.05) is 0 Å². The fourth-order valence-corrected chi connectivity index (χ4v) is 4.70. The lowest BCUT2D eigenvalue weighted by Crippen LogP contribution is -2.50. The topological polar surface area (TPSA) is 85.3 Å². The zero-order chi connectivity index (χ0) is 19.0. The van der Waals surface area contributed by atoms with E-state index < -0.39 is 12.3 Å². The van der Waals surface area contributed by atoms with E-state index in [0.717, 1.165) is 47.9 Å². The Balaban J connectivity index is 1.37. The van der Waals surface area contributed by atoms with E-state index in [1.54, 1.807) is 12.3 Å². The molecule has 144 valence electrons. The van der Waals surface area contributed by atoms with Crippen molar-refractivity contribution in [3.05, 3.63) is 22.5 Å². The molecular weight excluding hydrogens is 415 g/mol. The van der Waals surface area contributed by atoms with E-state index in [1.807, 2.05) is 6.07 Å². The number of aliphatic hydroxyl groups excluding tert-OH is 1. The number of piperidine rings is 1. The van der Waals surface area contributed by atoms with Crippen LogP contribution in [0.15, 0.2) is 21.2 Å². The summed E-state index contributed by atoms with van der Waals surface area (Å²) in [5.74, 6) is 1.02. The number of nitrogens with one attached hydrogen (secondary N) is 1. The molecule has 1 saturated carbocycles. The quantitative estimate of drug-likeness (QED) is 0.764. The monoisotopic (exact) mass is 436 g/mol. The zero-order valence-corrected chi connectivity index (χ0v) is 16.5. The van der Waals surface area contributed by atoms with Crippen molar-refractivity contribution in [3.63, 3.8) is 0 Å². The lowest BCUT2D eigenvalue weighted by molar-refractivity contribution is -0.0178. The number of likely N-dealkylation sites (tertiary alicyclic amines) is 1. The molecule has 8 heteroatoms. The number of aromatic nitrogens is 1. The van der Waals surface area contributed by atoms with Gasteiger partial charge < -0.3 is 14.8 Å². The van der Waals surface area contributed by atoms with Crippen molar-refractivity contribution < 1.29 is 13.9 Å². The second-order valence-electron chi connectivity index (χ2n) is 7.44. The van der Waals surface area contributed by atoms with Crippen LogP contribution in [0.4, 0.5) is 10.2 Å². The molecule has 4 rings (SSSR count). The first-order valence-corrected chi connectivity index (χ1v) is 10.2. The van der Waals surface area contributed by atoms with Gasteiger partial charge in [-0.3, -0.25) is 4.90 Å². The van der Waals surface area contributed by atoms with Crippen LogP contribution < -0.4 is 5.32 Å². The Kier molecular flexibility index (Phi) is 5.35. The van der Waals surface area contributed by atoms with Crippen molar-refractivity contribution in [3.8, 4) is 6.07 Å². The summed E-state index contributed by atoms with van der Waals surface area (Å²) in [4.78, 5) is 6.67. The second kappa shape index (κ2) is 7.74. The molecule has 2 aromatic heterocycles. The molecule has 3 heterocycles. The number of aliphatic hydroxyl groups is 1. The van der Waals surface area contributed by atoms with E-state index in [-0.39, 0.29) is 5.76 Å². The van der Waals surface area contributed by atoms with Crippen LogP contribution in [0.25, 0.3) is 11.0 Å². The average Bonchev–Trinajstić information content (AvgIpc) is 3.11. The summed E-state index contributed by atoms with van der Waals surface area (Å²) in [5.41, 5.74) is 0.586. The van der Waals surface area contributed by atoms with Gasteiger partial charge in [0.15, 0.2) is 5.58 Å². The van der Waals surface area contributed by atoms with Crippen molar-refractivity contribution in [1.82, 2.24) is 9.88 Å². The molecule has 0 bridgehead atoms. The standard InChI is InChI=1S/C19H22BrFN4O2/c20-18-14-7-13(8-22)27-17(14)9-23-19(18)24-11-1-3-12(4-2-11)25-6-5-15(21)16(26)10-25/h7,9,11-12,15-16,26H,1-6,10H2,(H,23,24)/t11?,12?,15-,16+/m1/s1. The number of halogens is 2. The predicted molar refractivity (Wildman–Crippen MR) is 103 cm³/mol. The van der Waals surface area contributed by atoms with Crippen LogP contribution in [0.3, 0.4) is 0 Å². The Morgan fingerprint density at radius 1 is 1.33 bits per heavy atom. The Labute approximate surface area is 165 Å². The zero-order valence-electron chi connectivity index (χ0n) is 14.9. The molecule has 2 atom stereocenters. The highest BCUT2D eigenvalue weighted by atomic mass is 79.9. The van der Waals surface area contributed by atoms with Crippen LogP contribution in [0.2, 0.25) is 0 Å². The van der Waals surface area contributed by atoms with Crippen molar-refractivity contribution in [2.75, 3.05) is 18.4 Å². The summed E-state index contributed by atoms with van der Waals surface area (Å²) >= 11 is 3.57. The lowest BCUT2D eigenvalue weighted by Gasteiger charge is -2.41. The van der Waals surface area contributed by atoms with Crippen molar-refractivity contribution in [2.45, 2.75) is 56.5 Å². The Morgan fingerprint density at radius 2 is 2.11 bits per heavy atom. The molecule has 1 aliphatic carbocycles. The molecule has 0 unspecified atom stereocenters. The SMILES string of the molecule is N#Cc1cc2c(Br)c(NC3CCC(N4CC[C@@H](F)[C@@H](O)C4)CC3)ncc2o1. The van der Waals surface area contributed by atoms with Gasteiger partial charge in [-0.05, 0) is 48.0 Å². The number of nitrogens with zero attached hydrogens (tertiary/aromatic N) is 3. The summed E-state index contributed by atoms with van der Waals surface area (Å²) in [6, 6.07) is 4.44. The van der Waals surface area contributed by atoms with Crippen LogP contribution in [0.5, 0.6) is 0 Å². The molecule has 1 saturated heterocycles. The third-order valence-corrected chi connectivity index (χ3v) is 6.51. The normalized spacial score (nSPS) is 29.6. The third-order valence-electron chi connectivity index (χ3n) is 5.71. The molecule has 2 aliphatic rings.